The van der Waals surface area contributed by atoms with E-state index < -0.39 is 33.0 Å². The Bertz CT molecular complexity index is 1630. The van der Waals surface area contributed by atoms with E-state index in [4.69, 9.17) is 0 Å². The third-order valence-electron chi connectivity index (χ3n) is 5.18. The van der Waals surface area contributed by atoms with Crippen molar-refractivity contribution >= 4 is 33.7 Å². The lowest BCUT2D eigenvalue weighted by atomic mass is 10.1. The largest absolute Gasteiger partial charge is 0.416 e. The van der Waals surface area contributed by atoms with Gasteiger partial charge in [0.1, 0.15) is 5.82 Å². The van der Waals surface area contributed by atoms with E-state index in [1.807, 2.05) is 0 Å². The molecule has 0 aliphatic heterocycles. The van der Waals surface area contributed by atoms with Gasteiger partial charge in [0.25, 0.3) is 11.4 Å². The molecule has 0 aliphatic rings. The Morgan fingerprint density at radius 2 is 1.40 bits per heavy atom. The predicted octanol–water partition coefficient (Wildman–Crippen LogP) is 5.47. The number of nitro benzene ring substituents is 2. The minimum Gasteiger partial charge on any atom is -0.275 e. The monoisotopic (exact) mass is 480 g/mol. The van der Waals surface area contributed by atoms with Crippen molar-refractivity contribution in [1.29, 1.82) is 0 Å². The van der Waals surface area contributed by atoms with Gasteiger partial charge in [-0.2, -0.15) is 13.2 Å². The Morgan fingerprint density at radius 1 is 0.771 bits per heavy atom. The number of benzene rings is 3. The number of rotatable bonds is 4. The summed E-state index contributed by atoms with van der Waals surface area (Å²) in [6, 6.07) is 14.0. The van der Waals surface area contributed by atoms with E-state index in [2.05, 4.69) is 15.0 Å². The molecule has 0 N–H and O–H groups in total. The maximum absolute atomic E-state index is 13.4. The van der Waals surface area contributed by atoms with Crippen molar-refractivity contribution in [3.63, 3.8) is 0 Å². The molecule has 0 saturated heterocycles. The van der Waals surface area contributed by atoms with Crippen LogP contribution >= 0.6 is 0 Å². The lowest BCUT2D eigenvalue weighted by Crippen LogP contribution is -2.07. The third kappa shape index (κ3) is 3.88. The summed E-state index contributed by atoms with van der Waals surface area (Å²) in [4.78, 5) is 34.5. The Kier molecular flexibility index (Phi) is 4.89. The van der Waals surface area contributed by atoms with Gasteiger partial charge in [-0.1, -0.05) is 18.2 Å². The molecule has 2 aromatic heterocycles. The first-order chi connectivity index (χ1) is 16.6. The van der Waals surface area contributed by atoms with Crippen LogP contribution in [0.25, 0.3) is 39.4 Å². The minimum absolute atomic E-state index is 0.00364. The summed E-state index contributed by atoms with van der Waals surface area (Å²) in [5.74, 6) is -0.0959. The Labute approximate surface area is 192 Å². The summed E-state index contributed by atoms with van der Waals surface area (Å²) in [5.41, 5.74) is -1.15. The maximum atomic E-state index is 13.4. The number of nitro groups is 2. The molecular weight excluding hydrogens is 469 g/mol. The summed E-state index contributed by atoms with van der Waals surface area (Å²) in [5, 5.41) is 22.8. The number of imidazole rings is 1. The van der Waals surface area contributed by atoms with Crippen LogP contribution in [0.3, 0.4) is 0 Å². The molecule has 0 spiro atoms. The van der Waals surface area contributed by atoms with Gasteiger partial charge in [-0.15, -0.1) is 0 Å². The fourth-order valence-electron chi connectivity index (χ4n) is 3.65. The van der Waals surface area contributed by atoms with Crippen LogP contribution in [-0.2, 0) is 6.18 Å². The number of nitrogens with zero attached hydrogens (tertiary/aromatic N) is 6. The number of hydrogen-bond acceptors (Lipinski definition) is 7. The molecule has 13 heteroatoms. The topological polar surface area (TPSA) is 130 Å². The fraction of sp³-hybridized carbons (Fsp3) is 0.0455. The van der Waals surface area contributed by atoms with E-state index >= 15 is 0 Å². The summed E-state index contributed by atoms with van der Waals surface area (Å²) >= 11 is 0. The van der Waals surface area contributed by atoms with Crippen molar-refractivity contribution in [3.05, 3.63) is 92.5 Å². The molecule has 0 fully saturated rings. The average molecular weight is 480 g/mol. The van der Waals surface area contributed by atoms with Crippen LogP contribution in [-0.4, -0.2) is 29.4 Å². The molecule has 0 radical (unpaired) electrons. The van der Waals surface area contributed by atoms with Gasteiger partial charge in [-0.3, -0.25) is 24.8 Å². The quantitative estimate of drug-likeness (QED) is 0.246. The second-order valence-electron chi connectivity index (χ2n) is 7.43. The van der Waals surface area contributed by atoms with Crippen molar-refractivity contribution in [2.24, 2.45) is 0 Å². The molecule has 5 aromatic rings. The number of non-ortho nitro benzene ring substituents is 2. The molecule has 0 unspecified atom stereocenters. The van der Waals surface area contributed by atoms with Crippen molar-refractivity contribution in [2.45, 2.75) is 6.18 Å². The molecule has 0 amide bonds. The van der Waals surface area contributed by atoms with Crippen molar-refractivity contribution in [1.82, 2.24) is 19.5 Å². The van der Waals surface area contributed by atoms with Gasteiger partial charge in [-0.05, 0) is 30.3 Å². The molecule has 174 valence electrons. The molecule has 5 rings (SSSR count). The van der Waals surface area contributed by atoms with E-state index in [1.54, 1.807) is 24.3 Å². The molecule has 3 aromatic carbocycles. The van der Waals surface area contributed by atoms with E-state index in [1.165, 1.54) is 16.7 Å². The number of aromatic nitrogens is 4. The van der Waals surface area contributed by atoms with Gasteiger partial charge in [0.05, 0.1) is 32.5 Å². The highest BCUT2D eigenvalue weighted by Gasteiger charge is 2.31. The molecule has 0 aliphatic carbocycles. The van der Waals surface area contributed by atoms with Crippen molar-refractivity contribution < 1.29 is 23.0 Å². The summed E-state index contributed by atoms with van der Waals surface area (Å²) in [6.45, 7) is 0. The van der Waals surface area contributed by atoms with Gasteiger partial charge in [0.15, 0.2) is 11.3 Å². The molecule has 0 atom stereocenters. The number of halogens is 3. The van der Waals surface area contributed by atoms with Gasteiger partial charge in [-0.25, -0.2) is 15.0 Å². The second-order valence-corrected chi connectivity index (χ2v) is 7.43. The van der Waals surface area contributed by atoms with Crippen LogP contribution in [0.15, 0.2) is 66.7 Å². The van der Waals surface area contributed by atoms with Crippen LogP contribution in [0.1, 0.15) is 5.56 Å². The average Bonchev–Trinajstić information content (AvgIpc) is 3.20. The first-order valence-corrected chi connectivity index (χ1v) is 9.89. The molecule has 0 bridgehead atoms. The van der Waals surface area contributed by atoms with Gasteiger partial charge in [0.2, 0.25) is 0 Å². The van der Waals surface area contributed by atoms with Crippen LogP contribution < -0.4 is 0 Å². The van der Waals surface area contributed by atoms with Crippen LogP contribution in [0.5, 0.6) is 0 Å². The third-order valence-corrected chi connectivity index (χ3v) is 5.18. The van der Waals surface area contributed by atoms with E-state index in [0.717, 1.165) is 30.3 Å². The Balaban J connectivity index is 1.88. The van der Waals surface area contributed by atoms with Gasteiger partial charge in [0, 0.05) is 23.4 Å². The SMILES string of the molecule is O=[N+]([O-])c1cc(-c2nc3nc4ccccc4nc3n2-c2cccc(C(F)(F)F)c2)cc([N+](=O)[O-])c1. The highest BCUT2D eigenvalue weighted by atomic mass is 19.4. The van der Waals surface area contributed by atoms with Crippen LogP contribution in [0.2, 0.25) is 0 Å². The van der Waals surface area contributed by atoms with Crippen LogP contribution in [0, 0.1) is 20.2 Å². The molecule has 2 heterocycles. The normalized spacial score (nSPS) is 11.7. The standard InChI is InChI=1S/C22H11F3N6O4/c23-22(24,25)13-4-3-5-14(10-13)29-20(12-8-15(30(32)33)11-16(9-12)31(34)35)28-19-21(29)27-18-7-2-1-6-17(18)26-19/h1-11H. The maximum Gasteiger partial charge on any atom is 0.416 e. The number of fused-ring (bicyclic) bond motifs is 2. The first kappa shape index (κ1) is 21.9. The second kappa shape index (κ2) is 7.83. The molecule has 0 saturated carbocycles. The lowest BCUT2D eigenvalue weighted by Gasteiger charge is -2.12. The van der Waals surface area contributed by atoms with Crippen molar-refractivity contribution in [3.8, 4) is 17.1 Å². The minimum atomic E-state index is -4.64. The zero-order chi connectivity index (χ0) is 24.9. The predicted molar refractivity (Wildman–Crippen MR) is 118 cm³/mol. The number of alkyl halides is 3. The van der Waals surface area contributed by atoms with E-state index in [9.17, 15) is 33.4 Å². The summed E-state index contributed by atoms with van der Waals surface area (Å²) in [7, 11) is 0. The Morgan fingerprint density at radius 3 is 2.00 bits per heavy atom. The van der Waals surface area contributed by atoms with E-state index in [-0.39, 0.29) is 28.4 Å². The molecular formula is C22H11F3N6O4. The zero-order valence-corrected chi connectivity index (χ0v) is 17.3. The fourth-order valence-corrected chi connectivity index (χ4v) is 3.65. The van der Waals surface area contributed by atoms with Gasteiger partial charge >= 0.3 is 6.18 Å². The summed E-state index contributed by atoms with van der Waals surface area (Å²) in [6.07, 6.45) is -4.64. The van der Waals surface area contributed by atoms with E-state index in [0.29, 0.717) is 11.0 Å². The highest BCUT2D eigenvalue weighted by Crippen LogP contribution is 2.35. The van der Waals surface area contributed by atoms with Crippen LogP contribution in [0.4, 0.5) is 24.5 Å². The first-order valence-electron chi connectivity index (χ1n) is 9.89. The Hall–Kier alpha value is -4.94. The zero-order valence-electron chi connectivity index (χ0n) is 17.3. The van der Waals surface area contributed by atoms with Crippen molar-refractivity contribution in [2.75, 3.05) is 0 Å². The molecule has 35 heavy (non-hydrogen) atoms. The molecule has 10 nitrogen and oxygen atoms in total. The lowest BCUT2D eigenvalue weighted by molar-refractivity contribution is -0.394. The highest BCUT2D eigenvalue weighted by molar-refractivity contribution is 5.86. The van der Waals surface area contributed by atoms with Gasteiger partial charge < -0.3 is 0 Å². The summed E-state index contributed by atoms with van der Waals surface area (Å²) < 4.78 is 41.6. The smallest absolute Gasteiger partial charge is 0.275 e. The number of hydrogen-bond donors (Lipinski definition) is 0. The number of para-hydroxylation sites is 2.